The lowest BCUT2D eigenvalue weighted by atomic mass is 10.2. The van der Waals surface area contributed by atoms with Gasteiger partial charge in [-0.3, -0.25) is 4.79 Å². The van der Waals surface area contributed by atoms with Gasteiger partial charge in [-0.15, -0.1) is 0 Å². The third kappa shape index (κ3) is 5.75. The van der Waals surface area contributed by atoms with Crippen molar-refractivity contribution in [1.82, 2.24) is 4.90 Å². The fraction of sp³-hybridized carbons (Fsp3) is 0.385. The molecule has 0 bridgehead atoms. The summed E-state index contributed by atoms with van der Waals surface area (Å²) < 4.78 is 5.35. The van der Waals surface area contributed by atoms with E-state index in [-0.39, 0.29) is 12.5 Å². The van der Waals surface area contributed by atoms with E-state index in [9.17, 15) is 4.79 Å². The lowest BCUT2D eigenvalue weighted by Crippen LogP contribution is -2.32. The van der Waals surface area contributed by atoms with E-state index in [1.807, 2.05) is 30.3 Å². The standard InChI is InChI=1S/C13H18N2O2S/c1-15(8-7-12(14)18)13(16)10-17-9-11-5-3-2-4-6-11/h2-6H,7-10H2,1H3,(H2,14,18). The molecular weight excluding hydrogens is 248 g/mol. The van der Waals surface area contributed by atoms with E-state index in [0.29, 0.717) is 24.6 Å². The number of ether oxygens (including phenoxy) is 1. The number of carbonyl (C=O) groups excluding carboxylic acids is 1. The van der Waals surface area contributed by atoms with E-state index in [4.69, 9.17) is 22.7 Å². The van der Waals surface area contributed by atoms with E-state index in [1.165, 1.54) is 0 Å². The summed E-state index contributed by atoms with van der Waals surface area (Å²) in [4.78, 5) is 13.7. The second-order valence-electron chi connectivity index (χ2n) is 4.01. The number of thiocarbonyl (C=S) groups is 1. The molecule has 0 saturated heterocycles. The van der Waals surface area contributed by atoms with Gasteiger partial charge in [0.15, 0.2) is 0 Å². The molecule has 18 heavy (non-hydrogen) atoms. The van der Waals surface area contributed by atoms with Crippen molar-refractivity contribution in [1.29, 1.82) is 0 Å². The summed E-state index contributed by atoms with van der Waals surface area (Å²) in [5.41, 5.74) is 6.43. The molecule has 0 aliphatic rings. The first-order chi connectivity index (χ1) is 8.59. The van der Waals surface area contributed by atoms with Crippen LogP contribution >= 0.6 is 12.2 Å². The Hall–Kier alpha value is -1.46. The number of nitrogens with zero attached hydrogens (tertiary/aromatic N) is 1. The molecule has 1 amide bonds. The maximum absolute atomic E-state index is 11.7. The van der Waals surface area contributed by atoms with Crippen LogP contribution in [-0.4, -0.2) is 36.0 Å². The van der Waals surface area contributed by atoms with Crippen molar-refractivity contribution in [2.45, 2.75) is 13.0 Å². The molecule has 0 atom stereocenters. The van der Waals surface area contributed by atoms with Crippen molar-refractivity contribution in [2.75, 3.05) is 20.2 Å². The zero-order chi connectivity index (χ0) is 13.4. The quantitative estimate of drug-likeness (QED) is 0.757. The summed E-state index contributed by atoms with van der Waals surface area (Å²) >= 11 is 4.76. The lowest BCUT2D eigenvalue weighted by molar-refractivity contribution is -0.135. The second kappa shape index (κ2) is 7.79. The van der Waals surface area contributed by atoms with Crippen LogP contribution in [0, 0.1) is 0 Å². The largest absolute Gasteiger partial charge is 0.393 e. The molecule has 4 nitrogen and oxygen atoms in total. The first-order valence-electron chi connectivity index (χ1n) is 5.73. The monoisotopic (exact) mass is 266 g/mol. The van der Waals surface area contributed by atoms with Crippen LogP contribution in [0.1, 0.15) is 12.0 Å². The van der Waals surface area contributed by atoms with E-state index in [1.54, 1.807) is 11.9 Å². The predicted octanol–water partition coefficient (Wildman–Crippen LogP) is 1.34. The molecule has 0 aliphatic heterocycles. The third-order valence-corrected chi connectivity index (χ3v) is 2.66. The predicted molar refractivity (Wildman–Crippen MR) is 75.1 cm³/mol. The fourth-order valence-electron chi connectivity index (χ4n) is 1.34. The SMILES string of the molecule is CN(CCC(N)=S)C(=O)COCc1ccccc1. The number of likely N-dealkylation sites (N-methyl/N-ethyl adjacent to an activating group) is 1. The van der Waals surface area contributed by atoms with Crippen molar-refractivity contribution in [2.24, 2.45) is 5.73 Å². The Morgan fingerprint density at radius 3 is 2.67 bits per heavy atom. The first kappa shape index (κ1) is 14.6. The van der Waals surface area contributed by atoms with Gasteiger partial charge in [-0.05, 0) is 5.56 Å². The molecule has 0 heterocycles. The second-order valence-corrected chi connectivity index (χ2v) is 4.53. The summed E-state index contributed by atoms with van der Waals surface area (Å²) in [6.07, 6.45) is 0.538. The average Bonchev–Trinajstić information content (AvgIpc) is 2.37. The van der Waals surface area contributed by atoms with Crippen LogP contribution in [0.15, 0.2) is 30.3 Å². The van der Waals surface area contributed by atoms with Gasteiger partial charge in [0.2, 0.25) is 5.91 Å². The molecule has 0 aromatic heterocycles. The van der Waals surface area contributed by atoms with Crippen LogP contribution in [0.5, 0.6) is 0 Å². The van der Waals surface area contributed by atoms with Gasteiger partial charge in [0.05, 0.1) is 11.6 Å². The van der Waals surface area contributed by atoms with Gasteiger partial charge >= 0.3 is 0 Å². The minimum atomic E-state index is -0.0674. The number of carbonyl (C=O) groups is 1. The summed E-state index contributed by atoms with van der Waals surface area (Å²) in [7, 11) is 1.71. The number of amides is 1. The Kier molecular flexibility index (Phi) is 6.32. The molecule has 0 radical (unpaired) electrons. The molecule has 0 aliphatic carbocycles. The Balaban J connectivity index is 2.22. The van der Waals surface area contributed by atoms with Gasteiger partial charge in [0.1, 0.15) is 6.61 Å². The van der Waals surface area contributed by atoms with Crippen molar-refractivity contribution < 1.29 is 9.53 Å². The van der Waals surface area contributed by atoms with Gasteiger partial charge in [-0.2, -0.15) is 0 Å². The van der Waals surface area contributed by atoms with Crippen LogP contribution in [-0.2, 0) is 16.1 Å². The topological polar surface area (TPSA) is 55.6 Å². The lowest BCUT2D eigenvalue weighted by Gasteiger charge is -2.16. The first-order valence-corrected chi connectivity index (χ1v) is 6.14. The Morgan fingerprint density at radius 2 is 2.06 bits per heavy atom. The van der Waals surface area contributed by atoms with Crippen LogP contribution in [0.3, 0.4) is 0 Å². The third-order valence-electron chi connectivity index (χ3n) is 2.46. The van der Waals surface area contributed by atoms with E-state index in [0.717, 1.165) is 5.56 Å². The molecule has 5 heteroatoms. The minimum absolute atomic E-state index is 0.0674. The number of nitrogens with two attached hydrogens (primary N) is 1. The van der Waals surface area contributed by atoms with Crippen LogP contribution in [0.25, 0.3) is 0 Å². The van der Waals surface area contributed by atoms with Crippen LogP contribution in [0.2, 0.25) is 0 Å². The van der Waals surface area contributed by atoms with Gasteiger partial charge in [-0.25, -0.2) is 0 Å². The van der Waals surface area contributed by atoms with Crippen molar-refractivity contribution in [3.05, 3.63) is 35.9 Å². The summed E-state index contributed by atoms with van der Waals surface area (Å²) in [6, 6.07) is 9.74. The number of benzene rings is 1. The molecule has 1 aromatic rings. The average molecular weight is 266 g/mol. The molecule has 1 aromatic carbocycles. The minimum Gasteiger partial charge on any atom is -0.393 e. The molecule has 0 fully saturated rings. The summed E-state index contributed by atoms with van der Waals surface area (Å²) in [5.74, 6) is -0.0674. The molecule has 98 valence electrons. The highest BCUT2D eigenvalue weighted by atomic mass is 32.1. The fourth-order valence-corrected chi connectivity index (χ4v) is 1.43. The maximum atomic E-state index is 11.7. The van der Waals surface area contributed by atoms with Crippen molar-refractivity contribution in [3.63, 3.8) is 0 Å². The Morgan fingerprint density at radius 1 is 1.39 bits per heavy atom. The zero-order valence-electron chi connectivity index (χ0n) is 10.5. The molecular formula is C13H18N2O2S. The maximum Gasteiger partial charge on any atom is 0.248 e. The Bertz CT molecular complexity index is 395. The zero-order valence-corrected chi connectivity index (χ0v) is 11.3. The highest BCUT2D eigenvalue weighted by molar-refractivity contribution is 7.80. The van der Waals surface area contributed by atoms with E-state index >= 15 is 0 Å². The smallest absolute Gasteiger partial charge is 0.248 e. The highest BCUT2D eigenvalue weighted by Gasteiger charge is 2.08. The molecule has 0 unspecified atom stereocenters. The van der Waals surface area contributed by atoms with Crippen LogP contribution in [0.4, 0.5) is 0 Å². The van der Waals surface area contributed by atoms with Gasteiger partial charge in [-0.1, -0.05) is 42.5 Å². The molecule has 0 spiro atoms. The molecule has 0 saturated carbocycles. The Labute approximate surface area is 113 Å². The van der Waals surface area contributed by atoms with Gasteiger partial charge in [0, 0.05) is 20.0 Å². The highest BCUT2D eigenvalue weighted by Crippen LogP contribution is 2.00. The molecule has 1 rings (SSSR count). The summed E-state index contributed by atoms with van der Waals surface area (Å²) in [6.45, 7) is 1.04. The van der Waals surface area contributed by atoms with Gasteiger partial charge < -0.3 is 15.4 Å². The van der Waals surface area contributed by atoms with E-state index < -0.39 is 0 Å². The van der Waals surface area contributed by atoms with Crippen LogP contribution < -0.4 is 5.73 Å². The van der Waals surface area contributed by atoms with Crippen molar-refractivity contribution in [3.8, 4) is 0 Å². The summed E-state index contributed by atoms with van der Waals surface area (Å²) in [5, 5.41) is 0. The van der Waals surface area contributed by atoms with E-state index in [2.05, 4.69) is 0 Å². The van der Waals surface area contributed by atoms with Crippen molar-refractivity contribution >= 4 is 23.1 Å². The normalized spacial score (nSPS) is 10.1. The molecule has 2 N–H and O–H groups in total. The number of hydrogen-bond acceptors (Lipinski definition) is 3. The number of hydrogen-bond donors (Lipinski definition) is 1. The number of rotatable bonds is 7. The van der Waals surface area contributed by atoms with Gasteiger partial charge in [0.25, 0.3) is 0 Å².